The van der Waals surface area contributed by atoms with E-state index in [0.717, 1.165) is 0 Å². The highest BCUT2D eigenvalue weighted by Crippen LogP contribution is 2.09. The van der Waals surface area contributed by atoms with E-state index in [1.54, 1.807) is 0 Å². The molecule has 0 radical (unpaired) electrons. The third kappa shape index (κ3) is 1.97. The van der Waals surface area contributed by atoms with Crippen LogP contribution in [0, 0.1) is 0 Å². The SMILES string of the molecule is N[C@@H](CO)C(=O)Nc1nc2ncncc2[nH]1. The molecule has 2 rings (SSSR count). The average molecular weight is 222 g/mol. The number of H-pyrrole nitrogens is 1. The molecule has 8 nitrogen and oxygen atoms in total. The molecule has 0 fully saturated rings. The second-order valence-corrected chi connectivity index (χ2v) is 3.12. The van der Waals surface area contributed by atoms with Crippen molar-refractivity contribution in [1.29, 1.82) is 0 Å². The third-order valence-electron chi connectivity index (χ3n) is 1.94. The number of nitrogens with one attached hydrogen (secondary N) is 2. The fourth-order valence-electron chi connectivity index (χ4n) is 1.11. The minimum Gasteiger partial charge on any atom is -0.394 e. The zero-order chi connectivity index (χ0) is 11.5. The number of nitrogens with zero attached hydrogens (tertiary/aromatic N) is 3. The lowest BCUT2D eigenvalue weighted by atomic mass is 10.3. The van der Waals surface area contributed by atoms with E-state index in [9.17, 15) is 4.79 Å². The van der Waals surface area contributed by atoms with Crippen molar-refractivity contribution in [3.05, 3.63) is 12.5 Å². The number of hydrogen-bond donors (Lipinski definition) is 4. The third-order valence-corrected chi connectivity index (χ3v) is 1.94. The van der Waals surface area contributed by atoms with Crippen LogP contribution in [0.3, 0.4) is 0 Å². The summed E-state index contributed by atoms with van der Waals surface area (Å²) in [5.74, 6) is -0.293. The summed E-state index contributed by atoms with van der Waals surface area (Å²) in [7, 11) is 0. The van der Waals surface area contributed by atoms with E-state index in [-0.39, 0.29) is 5.95 Å². The van der Waals surface area contributed by atoms with Crippen LogP contribution < -0.4 is 11.1 Å². The van der Waals surface area contributed by atoms with Crippen LogP contribution in [0.1, 0.15) is 0 Å². The van der Waals surface area contributed by atoms with Crippen LogP contribution in [0.25, 0.3) is 11.2 Å². The molecule has 0 saturated carbocycles. The van der Waals surface area contributed by atoms with Gasteiger partial charge in [-0.2, -0.15) is 4.98 Å². The van der Waals surface area contributed by atoms with Crippen molar-refractivity contribution < 1.29 is 9.90 Å². The number of carbonyl (C=O) groups excluding carboxylic acids is 1. The van der Waals surface area contributed by atoms with E-state index in [1.807, 2.05) is 0 Å². The van der Waals surface area contributed by atoms with Gasteiger partial charge in [-0.15, -0.1) is 0 Å². The Morgan fingerprint density at radius 3 is 3.19 bits per heavy atom. The van der Waals surface area contributed by atoms with Crippen LogP contribution in [-0.2, 0) is 4.79 Å². The van der Waals surface area contributed by atoms with Crippen molar-refractivity contribution in [3.63, 3.8) is 0 Å². The van der Waals surface area contributed by atoms with Gasteiger partial charge in [0, 0.05) is 0 Å². The monoisotopic (exact) mass is 222 g/mol. The molecule has 8 heteroatoms. The first-order chi connectivity index (χ1) is 7.70. The fourth-order valence-corrected chi connectivity index (χ4v) is 1.11. The predicted octanol–water partition coefficient (Wildman–Crippen LogP) is -1.39. The van der Waals surface area contributed by atoms with Crippen LogP contribution in [0.5, 0.6) is 0 Å². The molecule has 1 atom stereocenters. The van der Waals surface area contributed by atoms with Gasteiger partial charge in [-0.3, -0.25) is 10.1 Å². The number of fused-ring (bicyclic) bond motifs is 1. The van der Waals surface area contributed by atoms with Crippen molar-refractivity contribution in [3.8, 4) is 0 Å². The van der Waals surface area contributed by atoms with E-state index in [1.165, 1.54) is 12.5 Å². The molecule has 2 aromatic rings. The predicted molar refractivity (Wildman–Crippen MR) is 55.4 cm³/mol. The number of amides is 1. The Hall–Kier alpha value is -2.06. The summed E-state index contributed by atoms with van der Waals surface area (Å²) < 4.78 is 0. The molecular formula is C8H10N6O2. The molecule has 84 valence electrons. The molecule has 0 aliphatic rings. The molecule has 0 saturated heterocycles. The normalized spacial score (nSPS) is 12.6. The number of aliphatic hydroxyl groups is 1. The molecule has 2 aromatic heterocycles. The maximum Gasteiger partial charge on any atom is 0.245 e. The van der Waals surface area contributed by atoms with E-state index >= 15 is 0 Å². The summed E-state index contributed by atoms with van der Waals surface area (Å²) in [6, 6.07) is -0.973. The topological polar surface area (TPSA) is 130 Å². The summed E-state index contributed by atoms with van der Waals surface area (Å²) >= 11 is 0. The smallest absolute Gasteiger partial charge is 0.245 e. The Labute approximate surface area is 89.9 Å². The van der Waals surface area contributed by atoms with E-state index < -0.39 is 18.6 Å². The highest BCUT2D eigenvalue weighted by atomic mass is 16.3. The highest BCUT2D eigenvalue weighted by Gasteiger charge is 2.14. The number of anilines is 1. The quantitative estimate of drug-likeness (QED) is 0.506. The minimum atomic E-state index is -0.973. The Bertz CT molecular complexity index is 477. The van der Waals surface area contributed by atoms with Gasteiger partial charge in [-0.25, -0.2) is 9.97 Å². The molecule has 0 spiro atoms. The Kier molecular flexibility index (Phi) is 2.75. The number of aromatic amines is 1. The van der Waals surface area contributed by atoms with Crippen molar-refractivity contribution >= 4 is 23.0 Å². The lowest BCUT2D eigenvalue weighted by Gasteiger charge is -2.06. The zero-order valence-corrected chi connectivity index (χ0v) is 8.21. The summed E-state index contributed by atoms with van der Waals surface area (Å²) in [5, 5.41) is 11.1. The largest absolute Gasteiger partial charge is 0.394 e. The van der Waals surface area contributed by atoms with Crippen LogP contribution in [0.15, 0.2) is 12.5 Å². The minimum absolute atomic E-state index is 0.226. The Morgan fingerprint density at radius 1 is 1.69 bits per heavy atom. The number of carbonyl (C=O) groups is 1. The lowest BCUT2D eigenvalue weighted by Crippen LogP contribution is -2.38. The summed E-state index contributed by atoms with van der Waals surface area (Å²) in [6.45, 7) is -0.425. The van der Waals surface area contributed by atoms with Crippen molar-refractivity contribution in [2.75, 3.05) is 11.9 Å². The van der Waals surface area contributed by atoms with E-state index in [0.29, 0.717) is 11.2 Å². The van der Waals surface area contributed by atoms with Crippen molar-refractivity contribution in [2.45, 2.75) is 6.04 Å². The van der Waals surface area contributed by atoms with Crippen LogP contribution in [-0.4, -0.2) is 43.6 Å². The van der Waals surface area contributed by atoms with Gasteiger partial charge in [0.2, 0.25) is 11.9 Å². The molecule has 0 aromatic carbocycles. The standard InChI is InChI=1S/C8H10N6O2/c9-4(2-15)7(16)14-8-12-5-1-10-3-11-6(5)13-8/h1,3-4,15H,2,9H2,(H2,10,11,12,13,14,16)/t4-/m0/s1. The molecule has 0 aliphatic heterocycles. The van der Waals surface area contributed by atoms with Gasteiger partial charge < -0.3 is 15.8 Å². The molecular weight excluding hydrogens is 212 g/mol. The molecule has 0 unspecified atom stereocenters. The van der Waals surface area contributed by atoms with Crippen LogP contribution >= 0.6 is 0 Å². The number of imidazole rings is 1. The van der Waals surface area contributed by atoms with Gasteiger partial charge >= 0.3 is 0 Å². The summed E-state index contributed by atoms with van der Waals surface area (Å²) in [4.78, 5) is 25.8. The molecule has 0 bridgehead atoms. The second kappa shape index (κ2) is 4.21. The number of aliphatic hydroxyl groups excluding tert-OH is 1. The van der Waals surface area contributed by atoms with E-state index in [2.05, 4.69) is 25.3 Å². The first kappa shape index (κ1) is 10.5. The molecule has 1 amide bonds. The van der Waals surface area contributed by atoms with Crippen molar-refractivity contribution in [2.24, 2.45) is 5.73 Å². The van der Waals surface area contributed by atoms with Gasteiger partial charge in [0.1, 0.15) is 17.9 Å². The van der Waals surface area contributed by atoms with Gasteiger partial charge in [-0.1, -0.05) is 0 Å². The number of hydrogen-bond acceptors (Lipinski definition) is 6. The average Bonchev–Trinajstić information content (AvgIpc) is 2.69. The second-order valence-electron chi connectivity index (χ2n) is 3.12. The summed E-state index contributed by atoms with van der Waals surface area (Å²) in [6.07, 6.45) is 2.89. The molecule has 16 heavy (non-hydrogen) atoms. The Morgan fingerprint density at radius 2 is 2.50 bits per heavy atom. The fraction of sp³-hybridized carbons (Fsp3) is 0.250. The van der Waals surface area contributed by atoms with Crippen molar-refractivity contribution in [1.82, 2.24) is 19.9 Å². The van der Waals surface area contributed by atoms with Gasteiger partial charge in [0.15, 0.2) is 5.65 Å². The first-order valence-corrected chi connectivity index (χ1v) is 4.53. The van der Waals surface area contributed by atoms with Gasteiger partial charge in [0.05, 0.1) is 12.8 Å². The molecule has 2 heterocycles. The maximum atomic E-state index is 11.3. The molecule has 5 N–H and O–H groups in total. The number of nitrogens with two attached hydrogens (primary N) is 1. The lowest BCUT2D eigenvalue weighted by molar-refractivity contribution is -0.118. The zero-order valence-electron chi connectivity index (χ0n) is 8.21. The first-order valence-electron chi connectivity index (χ1n) is 4.53. The summed E-state index contributed by atoms with van der Waals surface area (Å²) in [5.41, 5.74) is 6.38. The molecule has 0 aliphatic carbocycles. The highest BCUT2D eigenvalue weighted by molar-refractivity contribution is 5.94. The van der Waals surface area contributed by atoms with Crippen LogP contribution in [0.2, 0.25) is 0 Å². The maximum absolute atomic E-state index is 11.3. The van der Waals surface area contributed by atoms with Gasteiger partial charge in [0.25, 0.3) is 0 Å². The number of rotatable bonds is 3. The number of aromatic nitrogens is 4. The van der Waals surface area contributed by atoms with Gasteiger partial charge in [-0.05, 0) is 0 Å². The van der Waals surface area contributed by atoms with Crippen LogP contribution in [0.4, 0.5) is 5.95 Å². The Balaban J connectivity index is 2.18. The van der Waals surface area contributed by atoms with E-state index in [4.69, 9.17) is 10.8 Å².